The van der Waals surface area contributed by atoms with Gasteiger partial charge in [-0.05, 0) is 153 Å². The predicted octanol–water partition coefficient (Wildman–Crippen LogP) is 10.7. The number of fused-ring (bicyclic) bond motifs is 8. The van der Waals surface area contributed by atoms with Gasteiger partial charge in [0.05, 0.1) is 31.0 Å². The third kappa shape index (κ3) is 9.33. The van der Waals surface area contributed by atoms with Crippen LogP contribution >= 0.6 is 0 Å². The van der Waals surface area contributed by atoms with Crippen molar-refractivity contribution in [1.29, 1.82) is 0 Å². The summed E-state index contributed by atoms with van der Waals surface area (Å²) in [4.78, 5) is 17.3. The van der Waals surface area contributed by atoms with Crippen LogP contribution in [0.25, 0.3) is 11.1 Å². The molecule has 5 fully saturated rings. The van der Waals surface area contributed by atoms with Crippen LogP contribution in [-0.4, -0.2) is 70.1 Å². The Bertz CT molecular complexity index is 2150. The minimum absolute atomic E-state index is 0.0151. The summed E-state index contributed by atoms with van der Waals surface area (Å²) in [7, 11) is 0. The molecule has 0 heterocycles. The molecule has 0 amide bonds. The number of aliphatic hydroxyl groups is 3. The number of carbonyl (C=O) groups excluding carboxylic acids is 1. The van der Waals surface area contributed by atoms with Crippen LogP contribution in [-0.2, 0) is 17.8 Å². The first kappa shape index (κ1) is 43.3. The number of hydrogen-bond donors (Lipinski definition) is 3. The first-order chi connectivity index (χ1) is 30.0. The van der Waals surface area contributed by atoms with E-state index in [1.165, 1.54) is 44.1 Å². The van der Waals surface area contributed by atoms with Gasteiger partial charge in [-0.1, -0.05) is 116 Å². The highest BCUT2D eigenvalue weighted by molar-refractivity contribution is 6.10. The number of benzene rings is 4. The van der Waals surface area contributed by atoms with Crippen LogP contribution in [0.1, 0.15) is 129 Å². The van der Waals surface area contributed by atoms with Crippen molar-refractivity contribution in [2.45, 2.75) is 128 Å². The van der Waals surface area contributed by atoms with Gasteiger partial charge in [0.1, 0.15) is 0 Å². The van der Waals surface area contributed by atoms with Crippen molar-refractivity contribution in [3.05, 3.63) is 143 Å². The van der Waals surface area contributed by atoms with E-state index in [4.69, 9.17) is 4.74 Å². The van der Waals surface area contributed by atoms with Gasteiger partial charge in [-0.15, -0.1) is 0 Å². The largest absolute Gasteiger partial charge is 0.393 e. The van der Waals surface area contributed by atoms with E-state index in [1.807, 2.05) is 66.7 Å². The van der Waals surface area contributed by atoms with Gasteiger partial charge in [-0.3, -0.25) is 9.69 Å². The molecule has 0 aromatic heterocycles. The number of aliphatic hydroxyl groups excluding tert-OH is 2. The second kappa shape index (κ2) is 18.3. The van der Waals surface area contributed by atoms with Gasteiger partial charge < -0.3 is 20.1 Å². The third-order valence-electron chi connectivity index (χ3n) is 16.3. The average molecular weight is 836 g/mol. The van der Waals surface area contributed by atoms with Gasteiger partial charge in [0.2, 0.25) is 0 Å². The van der Waals surface area contributed by atoms with E-state index in [2.05, 4.69) is 61.2 Å². The summed E-state index contributed by atoms with van der Waals surface area (Å²) >= 11 is 0. The SMILES string of the molecule is CC1=CCC[C@@]2(C)[C@@H](CC[C@@]2(O)CN(C[C@@H](O)COCc2ccccc2)CC23CC4CC(CC(C4)C2)C3)c2ccc(cc2C(=O)c2ccc(-c3ccccc3)cc2)C[C@@H](O)CC1. The van der Waals surface area contributed by atoms with E-state index < -0.39 is 23.2 Å². The molecule has 3 N–H and O–H groups in total. The van der Waals surface area contributed by atoms with E-state index in [0.29, 0.717) is 50.1 Å². The maximum absolute atomic E-state index is 14.9. The van der Waals surface area contributed by atoms with Gasteiger partial charge in [-0.2, -0.15) is 0 Å². The lowest BCUT2D eigenvalue weighted by Gasteiger charge is -2.58. The van der Waals surface area contributed by atoms with Crippen LogP contribution in [0.2, 0.25) is 0 Å². The van der Waals surface area contributed by atoms with Crippen molar-refractivity contribution in [3.8, 4) is 11.1 Å². The van der Waals surface area contributed by atoms with Gasteiger partial charge >= 0.3 is 0 Å². The zero-order valence-electron chi connectivity index (χ0n) is 37.2. The Morgan fingerprint density at radius 2 is 1.48 bits per heavy atom. The molecule has 4 aromatic rings. The molecule has 62 heavy (non-hydrogen) atoms. The number of carbonyl (C=O) groups is 1. The topological polar surface area (TPSA) is 90.2 Å². The second-order valence-corrected chi connectivity index (χ2v) is 21.0. The quantitative estimate of drug-likeness (QED) is 0.0918. The molecule has 5 atom stereocenters. The molecule has 0 unspecified atom stereocenters. The highest BCUT2D eigenvalue weighted by Crippen LogP contribution is 2.62. The van der Waals surface area contributed by atoms with E-state index in [9.17, 15) is 20.1 Å². The molecule has 6 bridgehead atoms. The number of ketones is 1. The predicted molar refractivity (Wildman–Crippen MR) is 248 cm³/mol. The molecule has 4 aromatic carbocycles. The minimum Gasteiger partial charge on any atom is -0.393 e. The Morgan fingerprint density at radius 3 is 2.18 bits per heavy atom. The number of allylic oxidation sites excluding steroid dienone is 2. The summed E-state index contributed by atoms with van der Waals surface area (Å²) in [6, 6.07) is 34.7. The Kier molecular flexibility index (Phi) is 12.8. The van der Waals surface area contributed by atoms with Crippen molar-refractivity contribution >= 4 is 5.78 Å². The maximum Gasteiger partial charge on any atom is 0.193 e. The smallest absolute Gasteiger partial charge is 0.193 e. The minimum atomic E-state index is -1.06. The Balaban J connectivity index is 1.04. The Labute approximate surface area is 370 Å². The van der Waals surface area contributed by atoms with Gasteiger partial charge in [0.25, 0.3) is 0 Å². The zero-order chi connectivity index (χ0) is 42.9. The lowest BCUT2D eigenvalue weighted by molar-refractivity contribution is -0.115. The summed E-state index contributed by atoms with van der Waals surface area (Å²) in [5.74, 6) is 2.35. The van der Waals surface area contributed by atoms with E-state index in [0.717, 1.165) is 77.8 Å². The number of nitrogens with zero attached hydrogens (tertiary/aromatic N) is 1. The molecule has 0 spiro atoms. The zero-order valence-corrected chi connectivity index (χ0v) is 37.2. The molecule has 0 radical (unpaired) electrons. The molecule has 11 rings (SSSR count). The fourth-order valence-corrected chi connectivity index (χ4v) is 13.5. The lowest BCUT2D eigenvalue weighted by Crippen LogP contribution is -2.57. The molecule has 328 valence electrons. The van der Waals surface area contributed by atoms with Crippen molar-refractivity contribution in [1.82, 2.24) is 4.90 Å². The van der Waals surface area contributed by atoms with Crippen molar-refractivity contribution in [3.63, 3.8) is 0 Å². The highest BCUT2D eigenvalue weighted by Gasteiger charge is 2.58. The third-order valence-corrected chi connectivity index (χ3v) is 16.3. The maximum atomic E-state index is 14.9. The fourth-order valence-electron chi connectivity index (χ4n) is 13.5. The normalized spacial score (nSPS) is 31.1. The Hall–Kier alpha value is -3.91. The average Bonchev–Trinajstić information content (AvgIpc) is 3.50. The molecule has 6 heteroatoms. The standard InChI is InChI=1S/C56H69NO5/c1-39-10-9-24-54(2)52(50-22-16-41(29-48(58)21-15-39)30-51(50)53(60)47-19-17-46(18-20-47)45-13-7-4-8-14-45)23-25-56(54,61)38-57(34-49(59)36-62-35-40-11-5-3-6-12-40)37-55-31-42-26-43(32-55)28-44(27-42)33-55/h3-8,10-14,16-20,22,30,42-44,48-49,52,58-59,61H,9,15,21,23-29,31-38H2,1-2H3/t42?,43?,44?,48-,49+,52-,54-,55?,56+/m0/s1. The molecule has 6 nitrogen and oxygen atoms in total. The summed E-state index contributed by atoms with van der Waals surface area (Å²) in [5.41, 5.74) is 6.44. The van der Waals surface area contributed by atoms with Crippen molar-refractivity contribution < 1.29 is 24.9 Å². The Morgan fingerprint density at radius 1 is 0.823 bits per heavy atom. The van der Waals surface area contributed by atoms with Crippen LogP contribution < -0.4 is 0 Å². The highest BCUT2D eigenvalue weighted by atomic mass is 16.5. The van der Waals surface area contributed by atoms with Gasteiger partial charge in [-0.25, -0.2) is 0 Å². The molecular formula is C56H69NO5. The molecular weight excluding hydrogens is 767 g/mol. The molecule has 7 aliphatic rings. The van der Waals surface area contributed by atoms with E-state index in [1.54, 1.807) is 0 Å². The lowest BCUT2D eigenvalue weighted by atomic mass is 9.49. The second-order valence-electron chi connectivity index (χ2n) is 21.0. The number of rotatable bonds is 13. The van der Waals surface area contributed by atoms with Crippen LogP contribution in [0.15, 0.2) is 115 Å². The summed E-state index contributed by atoms with van der Waals surface area (Å²) in [6.45, 7) is 7.00. The number of hydrogen-bond acceptors (Lipinski definition) is 6. The van der Waals surface area contributed by atoms with Crippen LogP contribution in [0.4, 0.5) is 0 Å². The first-order valence-corrected chi connectivity index (χ1v) is 23.9. The molecule has 7 aliphatic carbocycles. The monoisotopic (exact) mass is 836 g/mol. The van der Waals surface area contributed by atoms with E-state index >= 15 is 0 Å². The summed E-state index contributed by atoms with van der Waals surface area (Å²) in [5, 5.41) is 36.4. The van der Waals surface area contributed by atoms with Crippen LogP contribution in [0.3, 0.4) is 0 Å². The number of ether oxygens (including phenoxy) is 1. The van der Waals surface area contributed by atoms with Crippen LogP contribution in [0.5, 0.6) is 0 Å². The van der Waals surface area contributed by atoms with Crippen molar-refractivity contribution in [2.24, 2.45) is 28.6 Å². The van der Waals surface area contributed by atoms with Crippen LogP contribution in [0, 0.1) is 28.6 Å². The molecule has 0 saturated heterocycles. The van der Waals surface area contributed by atoms with Gasteiger partial charge in [0, 0.05) is 36.2 Å². The van der Waals surface area contributed by atoms with Crippen molar-refractivity contribution in [2.75, 3.05) is 26.2 Å². The summed E-state index contributed by atoms with van der Waals surface area (Å²) < 4.78 is 6.11. The van der Waals surface area contributed by atoms with Gasteiger partial charge in [0.15, 0.2) is 5.78 Å². The first-order valence-electron chi connectivity index (χ1n) is 23.9. The molecule has 5 saturated carbocycles. The van der Waals surface area contributed by atoms with E-state index in [-0.39, 0.29) is 23.7 Å². The fraction of sp³-hybridized carbons (Fsp3) is 0.518. The summed E-state index contributed by atoms with van der Waals surface area (Å²) in [6.07, 6.45) is 14.0. The molecule has 0 aliphatic heterocycles.